The minimum absolute atomic E-state index is 0.121. The van der Waals surface area contributed by atoms with Gasteiger partial charge in [-0.3, -0.25) is 13.7 Å². The van der Waals surface area contributed by atoms with Crippen LogP contribution in [0.5, 0.6) is 11.5 Å². The van der Waals surface area contributed by atoms with E-state index in [2.05, 4.69) is 49.0 Å². The topological polar surface area (TPSA) is 35.9 Å². The molecule has 0 saturated carbocycles. The molecule has 256 valence electrons. The fourth-order valence-electron chi connectivity index (χ4n) is 6.84. The van der Waals surface area contributed by atoms with E-state index in [1.165, 1.54) is 10.1 Å². The SMILES string of the molecule is [2H]c1c([2H])c([2H])c(-c2cccc(-c3c([2H])c([2H])c([2H])c([2H])c3[2H])c2-[n+]2[c-]n(-c3cccc(Oc4ccc5c6ccccc6n(-c6cc(CC(C)C)ccn6)c5c4)c3)cc2)c([2H])c1[2H]. The second-order valence-corrected chi connectivity index (χ2v) is 13.1. The van der Waals surface area contributed by atoms with E-state index in [1.54, 1.807) is 35.2 Å². The van der Waals surface area contributed by atoms with Crippen molar-refractivity contribution < 1.29 is 23.0 Å². The van der Waals surface area contributed by atoms with Gasteiger partial charge in [-0.25, -0.2) is 4.98 Å². The lowest BCUT2D eigenvalue weighted by molar-refractivity contribution is -0.598. The van der Waals surface area contributed by atoms with Gasteiger partial charge in [0.1, 0.15) is 17.3 Å². The fraction of sp³-hybridized carbons (Fsp3) is 0.0833. The molecule has 53 heavy (non-hydrogen) atoms. The Bertz CT molecular complexity index is 3160. The first-order chi connectivity index (χ1) is 30.2. The number of ether oxygens (including phenoxy) is 1. The van der Waals surface area contributed by atoms with E-state index in [1.807, 2.05) is 60.8 Å². The van der Waals surface area contributed by atoms with Gasteiger partial charge in [0.25, 0.3) is 6.33 Å². The zero-order valence-electron chi connectivity index (χ0n) is 39.0. The van der Waals surface area contributed by atoms with Crippen LogP contribution in [0.25, 0.3) is 61.3 Å². The quantitative estimate of drug-likeness (QED) is 0.111. The highest BCUT2D eigenvalue weighted by molar-refractivity contribution is 6.09. The number of nitrogens with zero attached hydrogens (tertiary/aromatic N) is 4. The zero-order valence-corrected chi connectivity index (χ0v) is 29.0. The van der Waals surface area contributed by atoms with Gasteiger partial charge in [0.2, 0.25) is 0 Å². The van der Waals surface area contributed by atoms with Gasteiger partial charge in [0, 0.05) is 35.4 Å². The van der Waals surface area contributed by atoms with Gasteiger partial charge >= 0.3 is 0 Å². The second kappa shape index (κ2) is 13.8. The van der Waals surface area contributed by atoms with E-state index in [-0.39, 0.29) is 27.9 Å². The number of hydrogen-bond donors (Lipinski definition) is 0. The highest BCUT2D eigenvalue weighted by atomic mass is 16.5. The average molecular weight is 697 g/mol. The molecule has 0 bridgehead atoms. The van der Waals surface area contributed by atoms with Crippen molar-refractivity contribution in [1.82, 2.24) is 14.1 Å². The molecule has 0 radical (unpaired) electrons. The normalized spacial score (nSPS) is 14.1. The second-order valence-electron chi connectivity index (χ2n) is 13.1. The summed E-state index contributed by atoms with van der Waals surface area (Å²) in [5.41, 5.74) is 4.09. The number of imidazole rings is 1. The summed E-state index contributed by atoms with van der Waals surface area (Å²) in [5.74, 6) is 2.44. The van der Waals surface area contributed by atoms with Crippen molar-refractivity contribution in [2.24, 2.45) is 5.92 Å². The molecule has 0 fully saturated rings. The number of fused-ring (bicyclic) bond motifs is 3. The molecule has 5 nitrogen and oxygen atoms in total. The zero-order chi connectivity index (χ0) is 44.4. The Morgan fingerprint density at radius 1 is 0.717 bits per heavy atom. The van der Waals surface area contributed by atoms with Crippen LogP contribution in [-0.2, 0) is 6.42 Å². The molecule has 9 aromatic rings. The van der Waals surface area contributed by atoms with Gasteiger partial charge in [-0.05, 0) is 88.7 Å². The van der Waals surface area contributed by atoms with Crippen molar-refractivity contribution in [3.8, 4) is 50.9 Å². The van der Waals surface area contributed by atoms with E-state index < -0.39 is 60.4 Å². The maximum Gasteiger partial charge on any atom is 0.268 e. The van der Waals surface area contributed by atoms with Crippen LogP contribution in [0, 0.1) is 12.2 Å². The maximum atomic E-state index is 8.83. The molecule has 0 atom stereocenters. The monoisotopic (exact) mass is 696 g/mol. The van der Waals surface area contributed by atoms with Gasteiger partial charge in [-0.15, -0.1) is 0 Å². The summed E-state index contributed by atoms with van der Waals surface area (Å²) >= 11 is 0. The third-order valence-electron chi connectivity index (χ3n) is 9.06. The Kier molecular flexibility index (Phi) is 5.97. The fourth-order valence-corrected chi connectivity index (χ4v) is 6.84. The maximum absolute atomic E-state index is 8.83. The summed E-state index contributed by atoms with van der Waals surface area (Å²) in [6.45, 7) is 4.39. The van der Waals surface area contributed by atoms with Gasteiger partial charge < -0.3 is 4.74 Å². The molecule has 0 spiro atoms. The highest BCUT2D eigenvalue weighted by Crippen LogP contribution is 2.36. The minimum Gasteiger partial charge on any atom is -0.458 e. The van der Waals surface area contributed by atoms with Crippen LogP contribution in [0.3, 0.4) is 0 Å². The summed E-state index contributed by atoms with van der Waals surface area (Å²) in [5, 5.41) is 2.15. The lowest BCUT2D eigenvalue weighted by atomic mass is 9.96. The predicted octanol–water partition coefficient (Wildman–Crippen LogP) is 11.4. The summed E-state index contributed by atoms with van der Waals surface area (Å²) in [7, 11) is 0. The molecule has 5 heteroatoms. The minimum atomic E-state index is -0.559. The van der Waals surface area contributed by atoms with E-state index in [4.69, 9.17) is 23.4 Å². The van der Waals surface area contributed by atoms with Crippen LogP contribution in [0.2, 0.25) is 0 Å². The Balaban J connectivity index is 1.14. The van der Waals surface area contributed by atoms with E-state index in [0.717, 1.165) is 34.0 Å². The first-order valence-electron chi connectivity index (χ1n) is 22.3. The van der Waals surface area contributed by atoms with E-state index in [0.29, 0.717) is 23.1 Å². The molecule has 0 aliphatic heterocycles. The van der Waals surface area contributed by atoms with Gasteiger partial charge in [-0.1, -0.05) is 117 Å². The van der Waals surface area contributed by atoms with Gasteiger partial charge in [0.05, 0.1) is 36.1 Å². The van der Waals surface area contributed by atoms with Crippen LogP contribution in [0.1, 0.15) is 33.1 Å². The molecule has 0 aliphatic rings. The van der Waals surface area contributed by atoms with E-state index in [9.17, 15) is 0 Å². The number of pyridine rings is 1. The smallest absolute Gasteiger partial charge is 0.268 e. The highest BCUT2D eigenvalue weighted by Gasteiger charge is 2.17. The van der Waals surface area contributed by atoms with Crippen LogP contribution in [0.4, 0.5) is 0 Å². The molecule has 6 aromatic carbocycles. The van der Waals surface area contributed by atoms with Crippen molar-refractivity contribution in [3.05, 3.63) is 188 Å². The van der Waals surface area contributed by atoms with Crippen molar-refractivity contribution >= 4 is 21.8 Å². The lowest BCUT2D eigenvalue weighted by Gasteiger charge is -2.16. The number of para-hydroxylation sites is 2. The predicted molar refractivity (Wildman–Crippen MR) is 214 cm³/mol. The summed E-state index contributed by atoms with van der Waals surface area (Å²) < 4.78 is 97.2. The Hall–Kier alpha value is -6.72. The van der Waals surface area contributed by atoms with Crippen LogP contribution >= 0.6 is 0 Å². The summed E-state index contributed by atoms with van der Waals surface area (Å²) in [4.78, 5) is 4.78. The first-order valence-corrected chi connectivity index (χ1v) is 17.3. The molecule has 3 heterocycles. The molecule has 0 unspecified atom stereocenters. The van der Waals surface area contributed by atoms with Crippen LogP contribution in [0.15, 0.2) is 176 Å². The third kappa shape index (κ3) is 6.27. The van der Waals surface area contributed by atoms with Crippen molar-refractivity contribution in [3.63, 3.8) is 0 Å². The number of rotatable bonds is 9. The van der Waals surface area contributed by atoms with Gasteiger partial charge in [0.15, 0.2) is 0 Å². The van der Waals surface area contributed by atoms with Gasteiger partial charge in [-0.2, -0.15) is 0 Å². The molecule has 0 amide bonds. The molecular weight excluding hydrogens is 649 g/mol. The summed E-state index contributed by atoms with van der Waals surface area (Å²) in [6, 6.07) is 25.4. The Morgan fingerprint density at radius 2 is 1.42 bits per heavy atom. The van der Waals surface area contributed by atoms with Crippen molar-refractivity contribution in [2.45, 2.75) is 20.3 Å². The third-order valence-corrected chi connectivity index (χ3v) is 9.06. The Labute approximate surface area is 323 Å². The lowest BCUT2D eigenvalue weighted by Crippen LogP contribution is -2.30. The molecule has 0 saturated heterocycles. The number of benzene rings is 6. The first kappa shape index (κ1) is 23.0. The molecule has 3 aromatic heterocycles. The molecule has 9 rings (SSSR count). The van der Waals surface area contributed by atoms with Crippen LogP contribution < -0.4 is 9.30 Å². The Morgan fingerprint density at radius 3 is 2.17 bits per heavy atom. The molecule has 0 aliphatic carbocycles. The van der Waals surface area contributed by atoms with Crippen molar-refractivity contribution in [1.29, 1.82) is 0 Å². The van der Waals surface area contributed by atoms with Crippen molar-refractivity contribution in [2.75, 3.05) is 0 Å². The summed E-state index contributed by atoms with van der Waals surface area (Å²) in [6.07, 6.45) is 9.38. The van der Waals surface area contributed by atoms with Crippen LogP contribution in [-0.4, -0.2) is 14.1 Å². The standard InChI is InChI=1S/C48H38N4O/c1-34(2)29-35-25-26-49-47(30-35)52-45-22-10-9-19-43(45)44-24-23-40(32-46(44)52)53-39-18-11-17-38(31-39)50-27-28-51(33-50)48-41(36-13-5-3-6-14-36)20-12-21-42(48)37-15-7-4-8-16-37/h3-28,30-32,34H,29H2,1-2H3/i3D,4D,5D,6D,7D,8D,13D,14D,15D,16D. The average Bonchev–Trinajstić information content (AvgIpc) is 3.90. The number of hydrogen-bond acceptors (Lipinski definition) is 2. The number of aromatic nitrogens is 4. The molecular formula is C48H38N4O. The van der Waals surface area contributed by atoms with E-state index >= 15 is 0 Å². The largest absolute Gasteiger partial charge is 0.458 e. The molecule has 0 N–H and O–H groups in total.